The normalized spacial score (nSPS) is 24.1. The highest BCUT2D eigenvalue weighted by Gasteiger charge is 2.54. The molecular weight excluding hydrogens is 390 g/mol. The summed E-state index contributed by atoms with van der Waals surface area (Å²) in [6, 6.07) is -0.734. The molecule has 3 aliphatic rings. The number of rotatable bonds is 6. The first-order chi connectivity index (χ1) is 12.9. The number of carbonyl (C=O) groups excluding carboxylic acids is 3. The first-order valence-electron chi connectivity index (χ1n) is 8.33. The van der Waals surface area contributed by atoms with Crippen LogP contribution in [0.15, 0.2) is 35.1 Å². The second-order valence-corrected chi connectivity index (χ2v) is 8.36. The number of allylic oxidation sites excluding steroid dienone is 3. The van der Waals surface area contributed by atoms with Gasteiger partial charge in [-0.25, -0.2) is 4.79 Å². The minimum Gasteiger partial charge on any atom is -0.477 e. The molecule has 8 nitrogen and oxygen atoms in total. The molecule has 2 heterocycles. The van der Waals surface area contributed by atoms with Crippen molar-refractivity contribution >= 4 is 46.5 Å². The molecule has 4 N–H and O–H groups in total. The van der Waals surface area contributed by atoms with Crippen molar-refractivity contribution in [1.82, 2.24) is 10.2 Å². The van der Waals surface area contributed by atoms with E-state index in [4.69, 9.17) is 5.73 Å². The molecule has 0 radical (unpaired) electrons. The quantitative estimate of drug-likeness (QED) is 0.444. The predicted octanol–water partition coefficient (Wildman–Crippen LogP) is 1.20. The first-order valence-corrected chi connectivity index (χ1v) is 10.4. The van der Waals surface area contributed by atoms with Crippen LogP contribution in [0.4, 0.5) is 4.79 Å². The summed E-state index contributed by atoms with van der Waals surface area (Å²) in [6.07, 6.45) is 7.79. The number of primary amides is 1. The van der Waals surface area contributed by atoms with Gasteiger partial charge in [0.25, 0.3) is 11.1 Å². The van der Waals surface area contributed by atoms with Crippen LogP contribution in [0.1, 0.15) is 19.3 Å². The van der Waals surface area contributed by atoms with E-state index < -0.39 is 28.5 Å². The maximum Gasteiger partial charge on any atom is 0.352 e. The van der Waals surface area contributed by atoms with Crippen molar-refractivity contribution < 1.29 is 24.3 Å². The third-order valence-electron chi connectivity index (χ3n) is 4.43. The van der Waals surface area contributed by atoms with Crippen molar-refractivity contribution in [3.05, 3.63) is 35.1 Å². The molecule has 0 aromatic carbocycles. The molecule has 27 heavy (non-hydrogen) atoms. The lowest BCUT2D eigenvalue weighted by molar-refractivity contribution is -0.150. The molecule has 0 aromatic rings. The first kappa shape index (κ1) is 19.6. The van der Waals surface area contributed by atoms with Gasteiger partial charge in [0.15, 0.2) is 0 Å². The fraction of sp³-hybridized carbons (Fsp3) is 0.412. The van der Waals surface area contributed by atoms with E-state index in [0.29, 0.717) is 11.3 Å². The predicted molar refractivity (Wildman–Crippen MR) is 103 cm³/mol. The van der Waals surface area contributed by atoms with Gasteiger partial charge >= 0.3 is 5.97 Å². The van der Waals surface area contributed by atoms with Crippen molar-refractivity contribution in [3.63, 3.8) is 0 Å². The van der Waals surface area contributed by atoms with E-state index in [2.05, 4.69) is 5.32 Å². The lowest BCUT2D eigenvalue weighted by Gasteiger charge is -2.49. The van der Waals surface area contributed by atoms with Crippen LogP contribution < -0.4 is 11.1 Å². The van der Waals surface area contributed by atoms with Gasteiger partial charge in [0.1, 0.15) is 17.1 Å². The number of nitrogens with two attached hydrogens (primary N) is 1. The number of amides is 3. The molecule has 2 atom stereocenters. The van der Waals surface area contributed by atoms with Gasteiger partial charge in [-0.15, -0.1) is 11.8 Å². The number of nitrogens with zero attached hydrogens (tertiary/aromatic N) is 1. The molecular formula is C17H19N3O5S2. The van der Waals surface area contributed by atoms with Crippen LogP contribution in [0.3, 0.4) is 0 Å². The highest BCUT2D eigenvalue weighted by atomic mass is 32.2. The second kappa shape index (κ2) is 8.22. The second-order valence-electron chi connectivity index (χ2n) is 6.27. The largest absolute Gasteiger partial charge is 0.477 e. The Balaban J connectivity index is 1.66. The lowest BCUT2D eigenvalue weighted by atomic mass is 10.0. The van der Waals surface area contributed by atoms with E-state index in [9.17, 15) is 24.3 Å². The number of carbonyl (C=O) groups is 4. The summed E-state index contributed by atoms with van der Waals surface area (Å²) in [5, 5.41) is 11.2. The Morgan fingerprint density at radius 2 is 2.15 bits per heavy atom. The highest BCUT2D eigenvalue weighted by Crippen LogP contribution is 2.41. The van der Waals surface area contributed by atoms with Gasteiger partial charge in [-0.05, 0) is 18.4 Å². The molecule has 3 amide bonds. The van der Waals surface area contributed by atoms with Crippen LogP contribution in [-0.2, 0) is 14.4 Å². The van der Waals surface area contributed by atoms with Gasteiger partial charge < -0.3 is 16.2 Å². The van der Waals surface area contributed by atoms with Crippen LogP contribution in [0.5, 0.6) is 0 Å². The smallest absolute Gasteiger partial charge is 0.352 e. The van der Waals surface area contributed by atoms with E-state index in [1.54, 1.807) is 0 Å². The maximum atomic E-state index is 12.5. The van der Waals surface area contributed by atoms with Crippen molar-refractivity contribution in [2.24, 2.45) is 5.73 Å². The molecule has 1 fully saturated rings. The molecule has 10 heteroatoms. The summed E-state index contributed by atoms with van der Waals surface area (Å²) < 4.78 is 0. The molecule has 1 aliphatic carbocycles. The molecule has 1 unspecified atom stereocenters. The van der Waals surface area contributed by atoms with Crippen LogP contribution in [0.25, 0.3) is 0 Å². The summed E-state index contributed by atoms with van der Waals surface area (Å²) in [5.41, 5.74) is 6.47. The van der Waals surface area contributed by atoms with E-state index in [1.807, 2.05) is 18.2 Å². The minimum atomic E-state index is -1.22. The van der Waals surface area contributed by atoms with E-state index in [0.717, 1.165) is 30.2 Å². The Bertz CT molecular complexity index is 789. The van der Waals surface area contributed by atoms with Gasteiger partial charge in [-0.2, -0.15) is 0 Å². The molecule has 3 rings (SSSR count). The zero-order valence-electron chi connectivity index (χ0n) is 14.3. The molecule has 0 saturated carbocycles. The standard InChI is InChI=1S/C17H19N3O5S2/c18-17(25)27-8-10-7-26-15-12(14(22)20(15)13(10)16(23)24)19-11(21)6-9-4-2-1-3-5-9/h1-2,5,12,15H,3-4,6-8H2,(H2,18,25)(H,19,21)(H,23,24)/t12?,15-/m1/s1. The summed E-state index contributed by atoms with van der Waals surface area (Å²) >= 11 is 2.18. The fourth-order valence-corrected chi connectivity index (χ4v) is 5.21. The van der Waals surface area contributed by atoms with Gasteiger partial charge in [-0.3, -0.25) is 19.3 Å². The third kappa shape index (κ3) is 4.22. The van der Waals surface area contributed by atoms with E-state index >= 15 is 0 Å². The SMILES string of the molecule is NC(=O)SCC1=C(C(=O)O)N2C(=O)C(NC(=O)CC3=CCC=CC3)[C@H]2SC1. The Morgan fingerprint density at radius 1 is 1.37 bits per heavy atom. The van der Waals surface area contributed by atoms with Crippen LogP contribution in [0, 0.1) is 0 Å². The summed E-state index contributed by atoms with van der Waals surface area (Å²) in [7, 11) is 0. The van der Waals surface area contributed by atoms with Gasteiger partial charge in [0.05, 0.1) is 0 Å². The number of β-lactam (4-membered cyclic amide) rings is 1. The van der Waals surface area contributed by atoms with Crippen molar-refractivity contribution in [3.8, 4) is 0 Å². The van der Waals surface area contributed by atoms with Crippen LogP contribution >= 0.6 is 23.5 Å². The lowest BCUT2D eigenvalue weighted by Crippen LogP contribution is -2.70. The van der Waals surface area contributed by atoms with Crippen LogP contribution in [0.2, 0.25) is 0 Å². The molecule has 0 aromatic heterocycles. The van der Waals surface area contributed by atoms with Gasteiger partial charge in [-0.1, -0.05) is 35.6 Å². The number of carboxylic acids is 1. The topological polar surface area (TPSA) is 130 Å². The minimum absolute atomic E-state index is 0.108. The third-order valence-corrected chi connectivity index (χ3v) is 6.55. The Kier molecular flexibility index (Phi) is 5.95. The molecule has 0 spiro atoms. The molecule has 0 bridgehead atoms. The maximum absolute atomic E-state index is 12.5. The summed E-state index contributed by atoms with van der Waals surface area (Å²) in [5.74, 6) is -1.43. The molecule has 144 valence electrons. The zero-order chi connectivity index (χ0) is 19.6. The fourth-order valence-electron chi connectivity index (χ4n) is 3.18. The van der Waals surface area contributed by atoms with Gasteiger partial charge in [0.2, 0.25) is 5.91 Å². The zero-order valence-corrected chi connectivity index (χ0v) is 16.0. The van der Waals surface area contributed by atoms with Gasteiger partial charge in [0, 0.05) is 17.9 Å². The number of aliphatic carboxylic acids is 1. The Hall–Kier alpha value is -2.20. The summed E-state index contributed by atoms with van der Waals surface area (Å²) in [4.78, 5) is 48.5. The average Bonchev–Trinajstić information content (AvgIpc) is 2.64. The van der Waals surface area contributed by atoms with Crippen molar-refractivity contribution in [1.29, 1.82) is 0 Å². The molecule has 2 aliphatic heterocycles. The number of thioether (sulfide) groups is 2. The Labute approximate surface area is 164 Å². The molecule has 1 saturated heterocycles. The van der Waals surface area contributed by atoms with E-state index in [-0.39, 0.29) is 23.8 Å². The number of fused-ring (bicyclic) bond motifs is 1. The number of carboxylic acid groups (broad SMARTS) is 1. The van der Waals surface area contributed by atoms with E-state index in [1.165, 1.54) is 16.7 Å². The van der Waals surface area contributed by atoms with Crippen LogP contribution in [-0.4, -0.2) is 56.0 Å². The number of nitrogens with one attached hydrogen (secondary N) is 1. The average molecular weight is 409 g/mol. The highest BCUT2D eigenvalue weighted by molar-refractivity contribution is 8.13. The Morgan fingerprint density at radius 3 is 2.78 bits per heavy atom. The number of hydrogen-bond acceptors (Lipinski definition) is 6. The van der Waals surface area contributed by atoms with Crippen molar-refractivity contribution in [2.45, 2.75) is 30.7 Å². The monoisotopic (exact) mass is 409 g/mol. The van der Waals surface area contributed by atoms with Crippen molar-refractivity contribution in [2.75, 3.05) is 11.5 Å². The summed E-state index contributed by atoms with van der Waals surface area (Å²) in [6.45, 7) is 0. The number of hydrogen-bond donors (Lipinski definition) is 3.